The van der Waals surface area contributed by atoms with Crippen LogP contribution in [0.15, 0.2) is 66.7 Å². The Morgan fingerprint density at radius 3 is 2.46 bits per heavy atom. The molecule has 1 heterocycles. The summed E-state index contributed by atoms with van der Waals surface area (Å²) in [6.45, 7) is 0. The molecular formula is C21H15NO3S. The summed E-state index contributed by atoms with van der Waals surface area (Å²) in [5, 5.41) is 15.3. The van der Waals surface area contributed by atoms with Gasteiger partial charge in [-0.1, -0.05) is 48.5 Å². The van der Waals surface area contributed by atoms with E-state index in [9.17, 15) is 14.7 Å². The van der Waals surface area contributed by atoms with Crippen molar-refractivity contribution in [3.8, 4) is 0 Å². The Kier molecular flexibility index (Phi) is 4.14. The third-order valence-electron chi connectivity index (χ3n) is 4.26. The van der Waals surface area contributed by atoms with Crippen LogP contribution in [0, 0.1) is 0 Å². The summed E-state index contributed by atoms with van der Waals surface area (Å²) in [7, 11) is 0. The molecule has 0 saturated heterocycles. The second-order valence-electron chi connectivity index (χ2n) is 6.00. The standard InChI is InChI=1S/C21H15NO3S/c23-19(22-15-10-9-13-5-1-2-6-14(13)11-15)12-17-16-7-3-4-8-18(16)26-20(17)21(24)25/h1-11H,12H2,(H,22,23)(H,24,25). The SMILES string of the molecule is O=C(Cc1c(C(=O)O)sc2ccccc12)Nc1ccc2ccccc2c1. The fourth-order valence-electron chi connectivity index (χ4n) is 3.08. The molecule has 4 rings (SSSR count). The van der Waals surface area contributed by atoms with Gasteiger partial charge >= 0.3 is 5.97 Å². The largest absolute Gasteiger partial charge is 0.477 e. The van der Waals surface area contributed by atoms with E-state index in [1.54, 1.807) is 0 Å². The van der Waals surface area contributed by atoms with E-state index in [1.165, 1.54) is 11.3 Å². The minimum Gasteiger partial charge on any atom is -0.477 e. The van der Waals surface area contributed by atoms with Gasteiger partial charge in [0, 0.05) is 10.4 Å². The number of rotatable bonds is 4. The lowest BCUT2D eigenvalue weighted by Gasteiger charge is -2.07. The Morgan fingerprint density at radius 1 is 0.923 bits per heavy atom. The van der Waals surface area contributed by atoms with Crippen LogP contribution in [0.25, 0.3) is 20.9 Å². The first-order valence-electron chi connectivity index (χ1n) is 8.14. The molecule has 0 aliphatic carbocycles. The van der Waals surface area contributed by atoms with E-state index in [4.69, 9.17) is 0 Å². The molecule has 26 heavy (non-hydrogen) atoms. The molecule has 0 spiro atoms. The number of carboxylic acid groups (broad SMARTS) is 1. The van der Waals surface area contributed by atoms with Crippen molar-refractivity contribution in [2.75, 3.05) is 5.32 Å². The van der Waals surface area contributed by atoms with Crippen molar-refractivity contribution in [3.05, 3.63) is 77.2 Å². The van der Waals surface area contributed by atoms with Gasteiger partial charge in [-0.2, -0.15) is 0 Å². The number of carbonyl (C=O) groups excluding carboxylic acids is 1. The van der Waals surface area contributed by atoms with E-state index in [0.29, 0.717) is 11.3 Å². The minimum absolute atomic E-state index is 0.0263. The molecular weight excluding hydrogens is 346 g/mol. The molecule has 128 valence electrons. The van der Waals surface area contributed by atoms with Crippen LogP contribution < -0.4 is 5.32 Å². The molecule has 0 aliphatic rings. The number of fused-ring (bicyclic) bond motifs is 2. The van der Waals surface area contributed by atoms with Crippen LogP contribution in [0.4, 0.5) is 5.69 Å². The summed E-state index contributed by atoms with van der Waals surface area (Å²) in [5.41, 5.74) is 1.27. The van der Waals surface area contributed by atoms with Gasteiger partial charge in [0.1, 0.15) is 4.88 Å². The zero-order valence-corrected chi connectivity index (χ0v) is 14.5. The molecule has 5 heteroatoms. The molecule has 0 atom stereocenters. The molecule has 1 aromatic heterocycles. The van der Waals surface area contributed by atoms with Crippen molar-refractivity contribution < 1.29 is 14.7 Å². The number of hydrogen-bond acceptors (Lipinski definition) is 3. The molecule has 0 aliphatic heterocycles. The number of benzene rings is 3. The highest BCUT2D eigenvalue weighted by Crippen LogP contribution is 2.32. The Hall–Kier alpha value is -3.18. The van der Waals surface area contributed by atoms with Crippen LogP contribution >= 0.6 is 11.3 Å². The molecule has 0 radical (unpaired) electrons. The van der Waals surface area contributed by atoms with Gasteiger partial charge in [-0.25, -0.2) is 4.79 Å². The summed E-state index contributed by atoms with van der Waals surface area (Å²) in [5.74, 6) is -1.23. The normalized spacial score (nSPS) is 10.9. The smallest absolute Gasteiger partial charge is 0.346 e. The van der Waals surface area contributed by atoms with Gasteiger partial charge in [0.25, 0.3) is 0 Å². The maximum Gasteiger partial charge on any atom is 0.346 e. The fourth-order valence-corrected chi connectivity index (χ4v) is 4.14. The van der Waals surface area contributed by atoms with Crippen LogP contribution in [0.2, 0.25) is 0 Å². The molecule has 4 aromatic rings. The predicted octanol–water partition coefficient (Wildman–Crippen LogP) is 4.93. The third-order valence-corrected chi connectivity index (χ3v) is 5.46. The number of hydrogen-bond donors (Lipinski definition) is 2. The maximum atomic E-state index is 12.5. The highest BCUT2D eigenvalue weighted by Gasteiger charge is 2.19. The number of anilines is 1. The number of amides is 1. The van der Waals surface area contributed by atoms with Crippen molar-refractivity contribution in [1.29, 1.82) is 0 Å². The third kappa shape index (κ3) is 3.05. The first kappa shape index (κ1) is 16.3. The lowest BCUT2D eigenvalue weighted by atomic mass is 10.1. The van der Waals surface area contributed by atoms with E-state index in [-0.39, 0.29) is 17.2 Å². The van der Waals surface area contributed by atoms with Crippen molar-refractivity contribution in [3.63, 3.8) is 0 Å². The van der Waals surface area contributed by atoms with E-state index in [1.807, 2.05) is 66.7 Å². The summed E-state index contributed by atoms with van der Waals surface area (Å²) in [6.07, 6.45) is 0.0263. The summed E-state index contributed by atoms with van der Waals surface area (Å²) < 4.78 is 0.874. The molecule has 0 fully saturated rings. The molecule has 3 aromatic carbocycles. The molecule has 0 unspecified atom stereocenters. The van der Waals surface area contributed by atoms with Gasteiger partial charge in [0.15, 0.2) is 0 Å². The van der Waals surface area contributed by atoms with Gasteiger partial charge in [-0.3, -0.25) is 4.79 Å². The fraction of sp³-hybridized carbons (Fsp3) is 0.0476. The molecule has 2 N–H and O–H groups in total. The Morgan fingerprint density at radius 2 is 1.65 bits per heavy atom. The second-order valence-corrected chi connectivity index (χ2v) is 7.05. The first-order valence-corrected chi connectivity index (χ1v) is 8.96. The zero-order valence-electron chi connectivity index (χ0n) is 13.7. The average Bonchev–Trinajstić information content (AvgIpc) is 3.00. The highest BCUT2D eigenvalue weighted by atomic mass is 32.1. The quantitative estimate of drug-likeness (QED) is 0.541. The number of nitrogens with one attached hydrogen (secondary N) is 1. The van der Waals surface area contributed by atoms with Crippen molar-refractivity contribution in [1.82, 2.24) is 0 Å². The topological polar surface area (TPSA) is 66.4 Å². The Labute approximate surface area is 153 Å². The summed E-state index contributed by atoms with van der Waals surface area (Å²) >= 11 is 1.20. The molecule has 0 bridgehead atoms. The lowest BCUT2D eigenvalue weighted by Crippen LogP contribution is -2.15. The minimum atomic E-state index is -1.00. The number of thiophene rings is 1. The average molecular weight is 361 g/mol. The number of aromatic carboxylic acids is 1. The van der Waals surface area contributed by atoms with Gasteiger partial charge < -0.3 is 10.4 Å². The Bertz CT molecular complexity index is 1150. The predicted molar refractivity (Wildman–Crippen MR) is 105 cm³/mol. The molecule has 0 saturated carbocycles. The van der Waals surface area contributed by atoms with Gasteiger partial charge in [0.05, 0.1) is 6.42 Å². The van der Waals surface area contributed by atoms with E-state index in [2.05, 4.69) is 5.32 Å². The summed E-state index contributed by atoms with van der Waals surface area (Å²) in [6, 6.07) is 21.1. The Balaban J connectivity index is 1.62. The lowest BCUT2D eigenvalue weighted by molar-refractivity contribution is -0.115. The highest BCUT2D eigenvalue weighted by molar-refractivity contribution is 7.21. The van der Waals surface area contributed by atoms with E-state index < -0.39 is 5.97 Å². The number of carbonyl (C=O) groups is 2. The van der Waals surface area contributed by atoms with E-state index >= 15 is 0 Å². The van der Waals surface area contributed by atoms with Crippen molar-refractivity contribution in [2.45, 2.75) is 6.42 Å². The van der Waals surface area contributed by atoms with Crippen molar-refractivity contribution >= 4 is 49.8 Å². The zero-order chi connectivity index (χ0) is 18.1. The van der Waals surface area contributed by atoms with E-state index in [0.717, 1.165) is 20.9 Å². The van der Waals surface area contributed by atoms with Gasteiger partial charge in [-0.15, -0.1) is 11.3 Å². The van der Waals surface area contributed by atoms with Crippen LogP contribution in [0.1, 0.15) is 15.2 Å². The maximum absolute atomic E-state index is 12.5. The van der Waals surface area contributed by atoms with Crippen molar-refractivity contribution in [2.24, 2.45) is 0 Å². The van der Waals surface area contributed by atoms with Crippen LogP contribution in [0.5, 0.6) is 0 Å². The van der Waals surface area contributed by atoms with Gasteiger partial charge in [-0.05, 0) is 39.9 Å². The van der Waals surface area contributed by atoms with Crippen LogP contribution in [-0.4, -0.2) is 17.0 Å². The van der Waals surface area contributed by atoms with Crippen LogP contribution in [0.3, 0.4) is 0 Å². The molecule has 4 nitrogen and oxygen atoms in total. The monoisotopic (exact) mass is 361 g/mol. The number of carboxylic acids is 1. The van der Waals surface area contributed by atoms with Gasteiger partial charge in [0.2, 0.25) is 5.91 Å². The summed E-state index contributed by atoms with van der Waals surface area (Å²) in [4.78, 5) is 24.3. The van der Waals surface area contributed by atoms with Crippen LogP contribution in [-0.2, 0) is 11.2 Å². The first-order chi connectivity index (χ1) is 12.6. The molecule has 1 amide bonds. The second kappa shape index (κ2) is 6.61.